The predicted molar refractivity (Wildman–Crippen MR) is 77.7 cm³/mol. The Balaban J connectivity index is 2.32. The van der Waals surface area contributed by atoms with Crippen LogP contribution in [-0.2, 0) is 23.2 Å². The van der Waals surface area contributed by atoms with Gasteiger partial charge < -0.3 is 9.72 Å². The molecule has 4 nitrogen and oxygen atoms in total. The summed E-state index contributed by atoms with van der Waals surface area (Å²) in [5.41, 5.74) is 3.61. The SMILES string of the molecule is COCc1nc2c(c(=O)[nH]1)C(C)(C)Cc1ccccc1-2. The summed E-state index contributed by atoms with van der Waals surface area (Å²) in [4.78, 5) is 19.9. The van der Waals surface area contributed by atoms with Gasteiger partial charge in [-0.1, -0.05) is 38.1 Å². The van der Waals surface area contributed by atoms with E-state index in [1.54, 1.807) is 7.11 Å². The van der Waals surface area contributed by atoms with Gasteiger partial charge in [0.1, 0.15) is 12.4 Å². The number of nitrogens with one attached hydrogen (secondary N) is 1. The van der Waals surface area contributed by atoms with Crippen molar-refractivity contribution in [3.63, 3.8) is 0 Å². The van der Waals surface area contributed by atoms with E-state index in [-0.39, 0.29) is 11.0 Å². The molecule has 0 bridgehead atoms. The lowest BCUT2D eigenvalue weighted by atomic mass is 9.72. The molecule has 0 saturated carbocycles. The third-order valence-electron chi connectivity index (χ3n) is 3.83. The highest BCUT2D eigenvalue weighted by atomic mass is 16.5. The lowest BCUT2D eigenvalue weighted by Crippen LogP contribution is -2.35. The molecule has 0 amide bonds. The second kappa shape index (κ2) is 4.56. The molecule has 1 aromatic heterocycles. The van der Waals surface area contributed by atoms with Gasteiger partial charge in [0.2, 0.25) is 0 Å². The van der Waals surface area contributed by atoms with Gasteiger partial charge in [-0.15, -0.1) is 0 Å². The van der Waals surface area contributed by atoms with Crippen molar-refractivity contribution < 1.29 is 4.74 Å². The summed E-state index contributed by atoms with van der Waals surface area (Å²) < 4.78 is 5.08. The molecule has 0 spiro atoms. The summed E-state index contributed by atoms with van der Waals surface area (Å²) in [6, 6.07) is 8.16. The van der Waals surface area contributed by atoms with E-state index < -0.39 is 0 Å². The van der Waals surface area contributed by atoms with E-state index in [0.717, 1.165) is 23.2 Å². The topological polar surface area (TPSA) is 55.0 Å². The number of ether oxygens (including phenoxy) is 1. The normalized spacial score (nSPS) is 15.6. The Morgan fingerprint density at radius 1 is 1.35 bits per heavy atom. The average molecular weight is 270 g/mol. The van der Waals surface area contributed by atoms with Crippen LogP contribution in [0.4, 0.5) is 0 Å². The van der Waals surface area contributed by atoms with E-state index in [1.165, 1.54) is 5.56 Å². The molecule has 0 fully saturated rings. The van der Waals surface area contributed by atoms with Gasteiger partial charge in [0.05, 0.1) is 5.69 Å². The molecule has 0 radical (unpaired) electrons. The number of aromatic nitrogens is 2. The van der Waals surface area contributed by atoms with E-state index in [9.17, 15) is 4.79 Å². The van der Waals surface area contributed by atoms with E-state index in [1.807, 2.05) is 18.2 Å². The number of rotatable bonds is 2. The predicted octanol–water partition coefficient (Wildman–Crippen LogP) is 2.42. The molecule has 3 rings (SSSR count). The Morgan fingerprint density at radius 2 is 2.10 bits per heavy atom. The smallest absolute Gasteiger partial charge is 0.255 e. The molecule has 104 valence electrons. The summed E-state index contributed by atoms with van der Waals surface area (Å²) >= 11 is 0. The third-order valence-corrected chi connectivity index (χ3v) is 3.83. The first-order valence-electron chi connectivity index (χ1n) is 6.74. The van der Waals surface area contributed by atoms with Crippen molar-refractivity contribution in [2.24, 2.45) is 0 Å². The van der Waals surface area contributed by atoms with Gasteiger partial charge in [-0.25, -0.2) is 4.98 Å². The second-order valence-corrected chi connectivity index (χ2v) is 5.89. The monoisotopic (exact) mass is 270 g/mol. The van der Waals surface area contributed by atoms with Gasteiger partial charge in [-0.2, -0.15) is 0 Å². The fraction of sp³-hybridized carbons (Fsp3) is 0.375. The minimum atomic E-state index is -0.212. The maximum absolute atomic E-state index is 12.4. The van der Waals surface area contributed by atoms with Crippen LogP contribution in [0.2, 0.25) is 0 Å². The fourth-order valence-electron chi connectivity index (χ4n) is 3.02. The molecule has 4 heteroatoms. The second-order valence-electron chi connectivity index (χ2n) is 5.89. The third kappa shape index (κ3) is 1.96. The maximum atomic E-state index is 12.4. The molecule has 0 atom stereocenters. The fourth-order valence-corrected chi connectivity index (χ4v) is 3.02. The van der Waals surface area contributed by atoms with Crippen LogP contribution in [0.25, 0.3) is 11.3 Å². The largest absolute Gasteiger partial charge is 0.377 e. The van der Waals surface area contributed by atoms with Gasteiger partial charge in [0.15, 0.2) is 0 Å². The first-order valence-corrected chi connectivity index (χ1v) is 6.74. The number of nitrogens with zero attached hydrogens (tertiary/aromatic N) is 1. The van der Waals surface area contributed by atoms with Crippen LogP contribution in [0, 0.1) is 0 Å². The Hall–Kier alpha value is -1.94. The number of methoxy groups -OCH3 is 1. The van der Waals surface area contributed by atoms with Gasteiger partial charge in [0.25, 0.3) is 5.56 Å². The number of hydrogen-bond donors (Lipinski definition) is 1. The highest BCUT2D eigenvalue weighted by Gasteiger charge is 2.34. The van der Waals surface area contributed by atoms with E-state index in [4.69, 9.17) is 4.74 Å². The highest BCUT2D eigenvalue weighted by Crippen LogP contribution is 2.39. The number of benzene rings is 1. The van der Waals surface area contributed by atoms with Gasteiger partial charge in [-0.05, 0) is 12.0 Å². The molecule has 0 unspecified atom stereocenters. The van der Waals surface area contributed by atoms with Gasteiger partial charge in [-0.3, -0.25) is 4.79 Å². The molecular weight excluding hydrogens is 252 g/mol. The van der Waals surface area contributed by atoms with Gasteiger partial charge in [0, 0.05) is 23.7 Å². The van der Waals surface area contributed by atoms with Crippen molar-refractivity contribution in [1.29, 1.82) is 0 Å². The highest BCUT2D eigenvalue weighted by molar-refractivity contribution is 5.71. The minimum Gasteiger partial charge on any atom is -0.377 e. The summed E-state index contributed by atoms with van der Waals surface area (Å²) in [6.45, 7) is 4.49. The number of hydrogen-bond acceptors (Lipinski definition) is 3. The standard InChI is InChI=1S/C16H18N2O2/c1-16(2)8-10-6-4-5-7-11(10)14-13(16)15(19)18-12(17-14)9-20-3/h4-7H,8-9H2,1-3H3,(H,17,18,19). The minimum absolute atomic E-state index is 0.0541. The van der Waals surface area contributed by atoms with E-state index in [0.29, 0.717) is 12.4 Å². The lowest BCUT2D eigenvalue weighted by Gasteiger charge is -2.32. The Morgan fingerprint density at radius 3 is 2.85 bits per heavy atom. The van der Waals surface area contributed by atoms with Crippen LogP contribution >= 0.6 is 0 Å². The van der Waals surface area contributed by atoms with E-state index >= 15 is 0 Å². The van der Waals surface area contributed by atoms with Crippen LogP contribution in [-0.4, -0.2) is 17.1 Å². The Labute approximate surface area is 117 Å². The van der Waals surface area contributed by atoms with Crippen molar-refractivity contribution in [2.45, 2.75) is 32.3 Å². The Kier molecular flexibility index (Phi) is 2.98. The van der Waals surface area contributed by atoms with Gasteiger partial charge >= 0.3 is 0 Å². The molecular formula is C16H18N2O2. The first-order chi connectivity index (χ1) is 9.53. The molecule has 0 saturated heterocycles. The van der Waals surface area contributed by atoms with Crippen molar-refractivity contribution in [2.75, 3.05) is 7.11 Å². The summed E-state index contributed by atoms with van der Waals surface area (Å²) in [6.07, 6.45) is 0.852. The molecule has 1 aliphatic rings. The van der Waals surface area contributed by atoms with E-state index in [2.05, 4.69) is 29.9 Å². The Bertz CT molecular complexity index is 717. The first kappa shape index (κ1) is 13.1. The van der Waals surface area contributed by atoms with Crippen LogP contribution in [0.15, 0.2) is 29.1 Å². The van der Waals surface area contributed by atoms with Crippen molar-refractivity contribution in [3.05, 3.63) is 51.6 Å². The molecule has 1 heterocycles. The molecule has 1 aromatic carbocycles. The maximum Gasteiger partial charge on any atom is 0.255 e. The molecule has 20 heavy (non-hydrogen) atoms. The van der Waals surface area contributed by atoms with Crippen LogP contribution in [0.3, 0.4) is 0 Å². The molecule has 2 aromatic rings. The summed E-state index contributed by atoms with van der Waals surface area (Å²) in [7, 11) is 1.59. The summed E-state index contributed by atoms with van der Waals surface area (Å²) in [5.74, 6) is 0.573. The lowest BCUT2D eigenvalue weighted by molar-refractivity contribution is 0.177. The summed E-state index contributed by atoms with van der Waals surface area (Å²) in [5, 5.41) is 0. The van der Waals surface area contributed by atoms with Crippen LogP contribution < -0.4 is 5.56 Å². The zero-order chi connectivity index (χ0) is 14.3. The van der Waals surface area contributed by atoms with Crippen molar-refractivity contribution >= 4 is 0 Å². The molecule has 0 aliphatic heterocycles. The quantitative estimate of drug-likeness (QED) is 0.911. The van der Waals surface area contributed by atoms with Crippen molar-refractivity contribution in [3.8, 4) is 11.3 Å². The zero-order valence-corrected chi connectivity index (χ0v) is 12.0. The zero-order valence-electron chi connectivity index (χ0n) is 12.0. The van der Waals surface area contributed by atoms with Crippen LogP contribution in [0.1, 0.15) is 30.8 Å². The van der Waals surface area contributed by atoms with Crippen LogP contribution in [0.5, 0.6) is 0 Å². The number of H-pyrrole nitrogens is 1. The molecule has 1 N–H and O–H groups in total. The average Bonchev–Trinajstić information content (AvgIpc) is 2.37. The number of aromatic amines is 1. The van der Waals surface area contributed by atoms with Crippen molar-refractivity contribution in [1.82, 2.24) is 9.97 Å². The molecule has 1 aliphatic carbocycles. The number of fused-ring (bicyclic) bond motifs is 3.